The molecule has 0 aromatic carbocycles. The molecule has 262 valence electrons. The highest BCUT2D eigenvalue weighted by Crippen LogP contribution is 2.60. The number of aliphatic hydroxyl groups is 4. The molecular weight excluding hydrogens is 692 g/mol. The van der Waals surface area contributed by atoms with Crippen molar-refractivity contribution in [3.05, 3.63) is 42.7 Å². The predicted molar refractivity (Wildman–Crippen MR) is 151 cm³/mol. The molecule has 3 aromatic heterocycles. The van der Waals surface area contributed by atoms with Crippen molar-refractivity contribution >= 4 is 44.5 Å². The number of phosphoric ester groups is 2. The van der Waals surface area contributed by atoms with Gasteiger partial charge in [0.15, 0.2) is 41.7 Å². The van der Waals surface area contributed by atoms with Crippen molar-refractivity contribution in [2.45, 2.75) is 49.1 Å². The second kappa shape index (κ2) is 14.1. The van der Waals surface area contributed by atoms with Crippen molar-refractivity contribution in [1.82, 2.24) is 19.5 Å². The number of amides is 1. The topological polar surface area (TPSA) is 342 Å². The predicted octanol–water partition coefficient (Wildman–Crippen LogP) is -3.10. The third-order valence-corrected chi connectivity index (χ3v) is 9.73. The van der Waals surface area contributed by atoms with Gasteiger partial charge in [-0.05, 0) is 6.07 Å². The molecule has 25 heteroatoms. The number of carbonyl (C=O) groups excluding carboxylic acids is 1. The summed E-state index contributed by atoms with van der Waals surface area (Å²) < 4.78 is 52.1. The fourth-order valence-electron chi connectivity index (χ4n) is 4.85. The molecule has 2 saturated heterocycles. The molecule has 3 aromatic rings. The number of hydrogen-bond donors (Lipinski definition) is 9. The summed E-state index contributed by atoms with van der Waals surface area (Å²) in [6.07, 6.45) is -7.39. The number of carboxylic acid groups (broad SMARTS) is 1. The van der Waals surface area contributed by atoms with Gasteiger partial charge in [0.1, 0.15) is 49.0 Å². The van der Waals surface area contributed by atoms with Gasteiger partial charge in [-0.1, -0.05) is 0 Å². The number of ether oxygens (including phenoxy) is 2. The second-order valence-corrected chi connectivity index (χ2v) is 13.4. The van der Waals surface area contributed by atoms with Gasteiger partial charge in [-0.2, -0.15) is 8.88 Å². The number of aliphatic carboxylic acids is 1. The first-order valence-electron chi connectivity index (χ1n) is 13.7. The Morgan fingerprint density at radius 1 is 0.979 bits per heavy atom. The zero-order valence-electron chi connectivity index (χ0n) is 24.2. The van der Waals surface area contributed by atoms with Crippen LogP contribution in [0.15, 0.2) is 37.2 Å². The first-order valence-corrected chi connectivity index (χ1v) is 16.7. The van der Waals surface area contributed by atoms with Crippen LogP contribution in [-0.2, 0) is 36.8 Å². The average Bonchev–Trinajstić information content (AvgIpc) is 3.67. The van der Waals surface area contributed by atoms with E-state index in [2.05, 4.69) is 29.1 Å². The van der Waals surface area contributed by atoms with Crippen molar-refractivity contribution in [3.8, 4) is 0 Å². The zero-order chi connectivity index (χ0) is 35.0. The quantitative estimate of drug-likeness (QED) is 0.0587. The van der Waals surface area contributed by atoms with E-state index in [1.54, 1.807) is 0 Å². The van der Waals surface area contributed by atoms with Crippen LogP contribution < -0.4 is 15.6 Å². The zero-order valence-corrected chi connectivity index (χ0v) is 26.0. The molecule has 2 fully saturated rings. The number of pyridine rings is 1. The number of nitrogens with two attached hydrogens (primary N) is 1. The summed E-state index contributed by atoms with van der Waals surface area (Å²) in [7, 11) is -10.8. The van der Waals surface area contributed by atoms with E-state index in [0.29, 0.717) is 0 Å². The lowest BCUT2D eigenvalue weighted by Gasteiger charge is -2.20. The Balaban J connectivity index is 1.16. The largest absolute Gasteiger partial charge is 0.481 e. The first-order chi connectivity index (χ1) is 22.6. The monoisotopic (exact) mass is 722 g/mol. The van der Waals surface area contributed by atoms with Crippen LogP contribution in [0.5, 0.6) is 0 Å². The lowest BCUT2D eigenvalue weighted by Crippen LogP contribution is -2.46. The van der Waals surface area contributed by atoms with Gasteiger partial charge in [-0.3, -0.25) is 23.2 Å². The van der Waals surface area contributed by atoms with Gasteiger partial charge < -0.3 is 55.8 Å². The molecule has 0 aliphatic carbocycles. The van der Waals surface area contributed by atoms with Crippen molar-refractivity contribution in [1.29, 1.82) is 0 Å². The highest BCUT2D eigenvalue weighted by atomic mass is 31.3. The average molecular weight is 722 g/mol. The summed E-state index contributed by atoms with van der Waals surface area (Å²) in [5, 5.41) is 53.3. The minimum Gasteiger partial charge on any atom is -0.480 e. The van der Waals surface area contributed by atoms with Gasteiger partial charge in [-0.25, -0.2) is 24.1 Å². The van der Waals surface area contributed by atoms with Gasteiger partial charge in [0.05, 0.1) is 19.5 Å². The summed E-state index contributed by atoms with van der Waals surface area (Å²) >= 11 is 0. The first kappa shape index (κ1) is 35.8. The van der Waals surface area contributed by atoms with Crippen molar-refractivity contribution in [2.75, 3.05) is 25.1 Å². The number of phosphoric acid groups is 2. The number of nitrogens with zero attached hydrogens (tertiary/aromatic N) is 5. The Bertz CT molecular complexity index is 1760. The maximum Gasteiger partial charge on any atom is 0.481 e. The van der Waals surface area contributed by atoms with Crippen LogP contribution in [-0.4, -0.2) is 123 Å². The fraction of sp³-hybridized carbons (Fsp3) is 0.478. The maximum absolute atomic E-state index is 12.5. The van der Waals surface area contributed by atoms with E-state index in [1.165, 1.54) is 33.7 Å². The smallest absolute Gasteiger partial charge is 0.480 e. The lowest BCUT2D eigenvalue weighted by atomic mass is 10.1. The van der Waals surface area contributed by atoms with Gasteiger partial charge >= 0.3 is 21.6 Å². The van der Waals surface area contributed by atoms with Crippen molar-refractivity contribution < 1.29 is 81.4 Å². The maximum atomic E-state index is 12.5. The number of anilines is 1. The SMILES string of the molecule is NC(=O)c1ccc[n+]([C@@H]2O[C@H](COP(=O)(O)OP(=O)(O)OC[C@H]3O[C@@H](n4cnc5c(NCC(=O)O)ncnc54)[C@H](O)[C@@H]3O)[C@@H](O)[C@H]2O)c1. The molecule has 2 aliphatic rings. The molecule has 0 spiro atoms. The van der Waals surface area contributed by atoms with Gasteiger partial charge in [0.2, 0.25) is 0 Å². The molecule has 10 N–H and O–H groups in total. The number of aliphatic hydroxyl groups excluding tert-OH is 4. The van der Waals surface area contributed by atoms with Crippen LogP contribution in [0, 0.1) is 0 Å². The van der Waals surface area contributed by atoms with Crippen LogP contribution in [0.4, 0.5) is 5.82 Å². The van der Waals surface area contributed by atoms with E-state index in [0.717, 1.165) is 12.7 Å². The van der Waals surface area contributed by atoms with E-state index in [1.807, 2.05) is 0 Å². The highest BCUT2D eigenvalue weighted by Gasteiger charge is 2.50. The Kier molecular flexibility index (Phi) is 10.5. The van der Waals surface area contributed by atoms with E-state index in [9.17, 15) is 48.9 Å². The second-order valence-electron chi connectivity index (χ2n) is 10.4. The minimum atomic E-state index is -5.43. The van der Waals surface area contributed by atoms with Crippen LogP contribution >= 0.6 is 15.6 Å². The molecule has 5 rings (SSSR count). The lowest BCUT2D eigenvalue weighted by molar-refractivity contribution is -0.765. The van der Waals surface area contributed by atoms with Crippen LogP contribution in [0.3, 0.4) is 0 Å². The summed E-state index contributed by atoms with van der Waals surface area (Å²) in [5.74, 6) is -1.89. The number of imidazole rings is 1. The van der Waals surface area contributed by atoms with Gasteiger partial charge in [0.25, 0.3) is 12.1 Å². The molecule has 1 amide bonds. The molecule has 0 bridgehead atoms. The third-order valence-electron chi connectivity index (χ3n) is 7.13. The number of rotatable bonds is 14. The number of nitrogens with one attached hydrogen (secondary N) is 1. The Morgan fingerprint density at radius 2 is 1.62 bits per heavy atom. The molecule has 5 heterocycles. The molecule has 0 radical (unpaired) electrons. The summed E-state index contributed by atoms with van der Waals surface area (Å²) in [5.41, 5.74) is 5.47. The molecule has 2 unspecified atom stereocenters. The van der Waals surface area contributed by atoms with E-state index >= 15 is 0 Å². The standard InChI is InChI=1S/C23H29N7O16P2/c24-19(37)10-2-1-3-29(5-10)22-17(35)15(33)11(44-22)6-42-47(38,39)46-48(40,41)43-7-12-16(34)18(36)23(45-12)30-9-28-14-20(25-4-13(31)32)26-8-27-21(14)30/h1-3,5,8-9,11-12,15-18,22-23,33-36H,4,6-7H2,(H5-,24,25,26,27,31,32,37,38,39,40,41)/p+1/t11-,12-,15-,16-,17-,18-,22-,23-/m1/s1. The Morgan fingerprint density at radius 3 is 2.27 bits per heavy atom. The number of fused-ring (bicyclic) bond motifs is 1. The number of carboxylic acids is 1. The molecule has 48 heavy (non-hydrogen) atoms. The van der Waals surface area contributed by atoms with E-state index < -0.39 is 96.4 Å². The third kappa shape index (κ3) is 7.84. The Labute approximate surface area is 268 Å². The van der Waals surface area contributed by atoms with Crippen LogP contribution in [0.2, 0.25) is 0 Å². The number of primary amides is 1. The van der Waals surface area contributed by atoms with Crippen LogP contribution in [0.25, 0.3) is 11.2 Å². The van der Waals surface area contributed by atoms with Gasteiger partial charge in [0, 0.05) is 6.07 Å². The van der Waals surface area contributed by atoms with Crippen molar-refractivity contribution in [3.63, 3.8) is 0 Å². The fourth-order valence-corrected chi connectivity index (χ4v) is 6.94. The molecule has 23 nitrogen and oxygen atoms in total. The van der Waals surface area contributed by atoms with Crippen LogP contribution in [0.1, 0.15) is 22.8 Å². The van der Waals surface area contributed by atoms with Gasteiger partial charge in [-0.15, -0.1) is 0 Å². The van der Waals surface area contributed by atoms with E-state index in [-0.39, 0.29) is 22.5 Å². The van der Waals surface area contributed by atoms with E-state index in [4.69, 9.17) is 24.8 Å². The summed E-state index contributed by atoms with van der Waals surface area (Å²) in [4.78, 5) is 54.5. The number of aromatic nitrogens is 5. The number of hydrogen-bond acceptors (Lipinski definition) is 17. The summed E-state index contributed by atoms with van der Waals surface area (Å²) in [6.45, 7) is -2.36. The Hall–Kier alpha value is -3.54. The highest BCUT2D eigenvalue weighted by molar-refractivity contribution is 7.61. The normalized spacial score (nSPS) is 29.8. The minimum absolute atomic E-state index is 0.0564. The molecule has 10 atom stereocenters. The number of carbonyl (C=O) groups is 2. The molecule has 2 aliphatic heterocycles. The molecule has 0 saturated carbocycles. The summed E-state index contributed by atoms with van der Waals surface area (Å²) in [6, 6.07) is 2.81. The van der Waals surface area contributed by atoms with Crippen molar-refractivity contribution in [2.24, 2.45) is 5.73 Å². The molecular formula is C23H30N7O16P2+.